The summed E-state index contributed by atoms with van der Waals surface area (Å²) in [5.74, 6) is 1.23. The average molecular weight is 370 g/mol. The van der Waals surface area contributed by atoms with Crippen LogP contribution in [0.4, 0.5) is 11.4 Å². The molecule has 9 heteroatoms. The van der Waals surface area contributed by atoms with Crippen LogP contribution in [0.1, 0.15) is 5.56 Å². The van der Waals surface area contributed by atoms with Crippen LogP contribution in [0.2, 0.25) is 0 Å². The van der Waals surface area contributed by atoms with E-state index < -0.39 is 4.92 Å². The van der Waals surface area contributed by atoms with E-state index in [2.05, 4.69) is 16.9 Å². The minimum Gasteiger partial charge on any atom is -0.493 e. The Bertz CT molecular complexity index is 985. The van der Waals surface area contributed by atoms with Crippen molar-refractivity contribution in [3.05, 3.63) is 58.7 Å². The van der Waals surface area contributed by atoms with E-state index in [1.165, 1.54) is 6.07 Å². The molecule has 1 heterocycles. The number of para-hydroxylation sites is 1. The molecule has 0 aliphatic rings. The zero-order chi connectivity index (χ0) is 19.4. The van der Waals surface area contributed by atoms with Gasteiger partial charge in [-0.25, -0.2) is 4.63 Å². The highest BCUT2D eigenvalue weighted by molar-refractivity contribution is 5.93. The summed E-state index contributed by atoms with van der Waals surface area (Å²) in [7, 11) is 3.15. The van der Waals surface area contributed by atoms with Crippen molar-refractivity contribution in [3.63, 3.8) is 0 Å². The van der Waals surface area contributed by atoms with Crippen LogP contribution in [0.5, 0.6) is 11.5 Å². The van der Waals surface area contributed by atoms with Gasteiger partial charge in [0.25, 0.3) is 0 Å². The van der Waals surface area contributed by atoms with Gasteiger partial charge in [-0.3, -0.25) is 10.1 Å². The number of hydrogen-bond acceptors (Lipinski definition) is 8. The fourth-order valence-electron chi connectivity index (χ4n) is 2.93. The molecule has 0 N–H and O–H groups in total. The molecule has 140 valence electrons. The Kier molecular flexibility index (Phi) is 5.20. The van der Waals surface area contributed by atoms with E-state index in [4.69, 9.17) is 14.1 Å². The van der Waals surface area contributed by atoms with Crippen molar-refractivity contribution in [1.82, 2.24) is 10.3 Å². The van der Waals surface area contributed by atoms with Crippen molar-refractivity contribution in [2.24, 2.45) is 0 Å². The Morgan fingerprint density at radius 3 is 2.67 bits per heavy atom. The molecule has 0 fully saturated rings. The first kappa shape index (κ1) is 18.2. The summed E-state index contributed by atoms with van der Waals surface area (Å²) in [5, 5.41) is 18.7. The zero-order valence-corrected chi connectivity index (χ0v) is 14.9. The third-order valence-corrected chi connectivity index (χ3v) is 4.11. The lowest BCUT2D eigenvalue weighted by atomic mass is 10.1. The van der Waals surface area contributed by atoms with Gasteiger partial charge >= 0.3 is 5.69 Å². The summed E-state index contributed by atoms with van der Waals surface area (Å²) >= 11 is 0. The van der Waals surface area contributed by atoms with Crippen LogP contribution in [0.3, 0.4) is 0 Å². The minimum absolute atomic E-state index is 0.101. The Balaban J connectivity index is 2.07. The van der Waals surface area contributed by atoms with E-state index in [-0.39, 0.29) is 11.2 Å². The molecule has 0 aliphatic carbocycles. The molecule has 0 aliphatic heterocycles. The van der Waals surface area contributed by atoms with Gasteiger partial charge in [0.05, 0.1) is 24.8 Å². The molecular formula is C18H18N4O5. The van der Waals surface area contributed by atoms with Gasteiger partial charge in [-0.1, -0.05) is 18.2 Å². The summed E-state index contributed by atoms with van der Waals surface area (Å²) in [6, 6.07) is 8.61. The monoisotopic (exact) mass is 370 g/mol. The van der Waals surface area contributed by atoms with E-state index in [0.29, 0.717) is 35.8 Å². The van der Waals surface area contributed by atoms with Crippen molar-refractivity contribution in [2.45, 2.75) is 6.54 Å². The molecule has 0 spiro atoms. The largest absolute Gasteiger partial charge is 0.493 e. The topological polar surface area (TPSA) is 104 Å². The highest BCUT2D eigenvalue weighted by Gasteiger charge is 2.23. The first-order valence-corrected chi connectivity index (χ1v) is 8.06. The number of nitrogens with zero attached hydrogens (tertiary/aromatic N) is 4. The number of nitro groups is 1. The minimum atomic E-state index is -0.515. The fraction of sp³-hybridized carbons (Fsp3) is 0.222. The molecule has 0 bridgehead atoms. The van der Waals surface area contributed by atoms with Crippen molar-refractivity contribution in [2.75, 3.05) is 25.7 Å². The number of methoxy groups -OCH3 is 2. The number of nitro benzene ring substituents is 1. The Hall–Kier alpha value is -3.62. The first-order chi connectivity index (χ1) is 13.1. The second-order valence-electron chi connectivity index (χ2n) is 5.64. The number of ether oxygens (including phenoxy) is 2. The number of anilines is 1. The average Bonchev–Trinajstić information content (AvgIpc) is 3.16. The van der Waals surface area contributed by atoms with Crippen LogP contribution < -0.4 is 14.4 Å². The lowest BCUT2D eigenvalue weighted by Crippen LogP contribution is -2.23. The Morgan fingerprint density at radius 2 is 2.00 bits per heavy atom. The van der Waals surface area contributed by atoms with Crippen LogP contribution in [-0.4, -0.2) is 36.0 Å². The second-order valence-corrected chi connectivity index (χ2v) is 5.64. The van der Waals surface area contributed by atoms with Crippen LogP contribution >= 0.6 is 0 Å². The Morgan fingerprint density at radius 1 is 1.22 bits per heavy atom. The van der Waals surface area contributed by atoms with Gasteiger partial charge in [-0.05, 0) is 22.4 Å². The summed E-state index contributed by atoms with van der Waals surface area (Å²) in [6.45, 7) is 4.70. The van der Waals surface area contributed by atoms with Gasteiger partial charge < -0.3 is 14.4 Å². The van der Waals surface area contributed by atoms with Crippen molar-refractivity contribution in [1.29, 1.82) is 0 Å². The number of rotatable bonds is 8. The van der Waals surface area contributed by atoms with E-state index in [1.807, 2.05) is 23.1 Å². The first-order valence-electron chi connectivity index (χ1n) is 8.06. The van der Waals surface area contributed by atoms with Crippen molar-refractivity contribution < 1.29 is 19.0 Å². The number of fused-ring (bicyclic) bond motifs is 1. The number of aromatic nitrogens is 2. The summed E-state index contributed by atoms with van der Waals surface area (Å²) < 4.78 is 15.6. The molecule has 0 atom stereocenters. The lowest BCUT2D eigenvalue weighted by molar-refractivity contribution is -0.383. The van der Waals surface area contributed by atoms with Gasteiger partial charge in [-0.15, -0.1) is 6.58 Å². The molecule has 27 heavy (non-hydrogen) atoms. The predicted octanol–water partition coefficient (Wildman–Crippen LogP) is 3.34. The zero-order valence-electron chi connectivity index (χ0n) is 14.9. The standard InChI is InChI=1S/C18H18N4O5/c1-4-10-21(11-12-6-5-7-15(25-2)18(12)26-3)13-8-9-14(22(23)24)17-16(13)19-27-20-17/h4-9H,1,10-11H2,2-3H3. The van der Waals surface area contributed by atoms with Crippen molar-refractivity contribution in [3.8, 4) is 11.5 Å². The van der Waals surface area contributed by atoms with Crippen LogP contribution in [0, 0.1) is 10.1 Å². The number of benzene rings is 2. The molecule has 0 unspecified atom stereocenters. The van der Waals surface area contributed by atoms with Gasteiger partial charge in [0.1, 0.15) is 0 Å². The summed E-state index contributed by atoms with van der Waals surface area (Å²) in [4.78, 5) is 12.6. The Labute approximate surface area is 154 Å². The lowest BCUT2D eigenvalue weighted by Gasteiger charge is -2.24. The number of non-ortho nitro benzene ring substituents is 1. The van der Waals surface area contributed by atoms with Gasteiger partial charge in [-0.2, -0.15) is 0 Å². The third-order valence-electron chi connectivity index (χ3n) is 4.11. The van der Waals surface area contributed by atoms with Gasteiger partial charge in [0, 0.05) is 24.7 Å². The molecule has 9 nitrogen and oxygen atoms in total. The van der Waals surface area contributed by atoms with E-state index in [0.717, 1.165) is 5.56 Å². The molecule has 0 radical (unpaired) electrons. The molecule has 3 aromatic rings. The maximum atomic E-state index is 11.2. The highest BCUT2D eigenvalue weighted by Crippen LogP contribution is 2.35. The quantitative estimate of drug-likeness (QED) is 0.338. The fourth-order valence-corrected chi connectivity index (χ4v) is 2.93. The number of hydrogen-bond donors (Lipinski definition) is 0. The van der Waals surface area contributed by atoms with E-state index >= 15 is 0 Å². The van der Waals surface area contributed by atoms with Crippen LogP contribution in [0.25, 0.3) is 11.0 Å². The molecule has 1 aromatic heterocycles. The molecule has 0 saturated heterocycles. The van der Waals surface area contributed by atoms with Crippen molar-refractivity contribution >= 4 is 22.4 Å². The molecule has 3 rings (SSSR count). The highest BCUT2D eigenvalue weighted by atomic mass is 16.6. The van der Waals surface area contributed by atoms with E-state index in [9.17, 15) is 10.1 Å². The summed E-state index contributed by atoms with van der Waals surface area (Å²) in [5.41, 5.74) is 1.77. The predicted molar refractivity (Wildman–Crippen MR) is 99.3 cm³/mol. The van der Waals surface area contributed by atoms with Crippen LogP contribution in [0.15, 0.2) is 47.6 Å². The molecule has 0 saturated carbocycles. The molecule has 0 amide bonds. The maximum absolute atomic E-state index is 11.2. The SMILES string of the molecule is C=CCN(Cc1cccc(OC)c1OC)c1ccc([N+](=O)[O-])c2nonc12. The van der Waals surface area contributed by atoms with Crippen LogP contribution in [-0.2, 0) is 6.54 Å². The van der Waals surface area contributed by atoms with Gasteiger partial charge in [0.2, 0.25) is 5.52 Å². The summed E-state index contributed by atoms with van der Waals surface area (Å²) in [6.07, 6.45) is 1.73. The normalized spacial score (nSPS) is 10.6. The maximum Gasteiger partial charge on any atom is 0.300 e. The molecular weight excluding hydrogens is 352 g/mol. The van der Waals surface area contributed by atoms with E-state index in [1.54, 1.807) is 26.4 Å². The third kappa shape index (κ3) is 3.39. The smallest absolute Gasteiger partial charge is 0.300 e. The second kappa shape index (κ2) is 7.73. The van der Waals surface area contributed by atoms with Gasteiger partial charge in [0.15, 0.2) is 17.0 Å². The molecule has 2 aromatic carbocycles.